The Bertz CT molecular complexity index is 1330. The standard InChI is InChI=1S/C21H27O2P.C15H15P.C4H6O2/c1-4-17(21(22)23-3)16-18(5-2)24(19-12-8-6-9-13-19)20-14-10-7-11-15-20;1-2-13-16(14-9-5-3-6-10-14)15-11-7-4-8-12-15;1-3-4(5)6-2/h6-15,17-18H,4-5,16H2,1-3H3;2-12H,1,13H2;3H,1H2,2H3. The van der Waals surface area contributed by atoms with Crippen LogP contribution in [-0.4, -0.2) is 38.0 Å². The van der Waals surface area contributed by atoms with E-state index in [1.165, 1.54) is 35.4 Å². The number of carbonyl (C=O) groups excluding carboxylic acids is 2. The third-order valence-electron chi connectivity index (χ3n) is 7.30. The Labute approximate surface area is 279 Å². The number of esters is 2. The topological polar surface area (TPSA) is 52.6 Å². The first-order valence-corrected chi connectivity index (χ1v) is 18.5. The van der Waals surface area contributed by atoms with Crippen molar-refractivity contribution in [2.45, 2.75) is 38.8 Å². The quantitative estimate of drug-likeness (QED) is 0.0633. The summed E-state index contributed by atoms with van der Waals surface area (Å²) in [5.74, 6) is -0.487. The molecule has 0 aliphatic rings. The molecule has 0 heterocycles. The van der Waals surface area contributed by atoms with E-state index in [2.05, 4.69) is 153 Å². The largest absolute Gasteiger partial charge is 0.469 e. The number of hydrogen-bond acceptors (Lipinski definition) is 4. The van der Waals surface area contributed by atoms with Gasteiger partial charge in [0.05, 0.1) is 20.1 Å². The van der Waals surface area contributed by atoms with Gasteiger partial charge in [-0.2, -0.15) is 0 Å². The lowest BCUT2D eigenvalue weighted by molar-refractivity contribution is -0.145. The summed E-state index contributed by atoms with van der Waals surface area (Å²) < 4.78 is 9.15. The number of allylic oxidation sites excluding steroid dienone is 1. The van der Waals surface area contributed by atoms with Crippen molar-refractivity contribution in [3.05, 3.63) is 147 Å². The lowest BCUT2D eigenvalue weighted by Crippen LogP contribution is -2.26. The summed E-state index contributed by atoms with van der Waals surface area (Å²) in [7, 11) is 2.04. The number of carbonyl (C=O) groups is 2. The Kier molecular flexibility index (Phi) is 18.9. The van der Waals surface area contributed by atoms with Crippen LogP contribution < -0.4 is 21.2 Å². The molecule has 46 heavy (non-hydrogen) atoms. The van der Waals surface area contributed by atoms with E-state index in [1.54, 1.807) is 0 Å². The van der Waals surface area contributed by atoms with Gasteiger partial charge in [0.2, 0.25) is 0 Å². The molecule has 0 aliphatic carbocycles. The molecule has 0 spiro atoms. The minimum absolute atomic E-state index is 0.0163. The van der Waals surface area contributed by atoms with E-state index in [0.717, 1.165) is 31.5 Å². The summed E-state index contributed by atoms with van der Waals surface area (Å²) in [5.41, 5.74) is 0.467. The Morgan fingerprint density at radius 2 is 1.07 bits per heavy atom. The van der Waals surface area contributed by atoms with Gasteiger partial charge in [0.15, 0.2) is 0 Å². The van der Waals surface area contributed by atoms with Gasteiger partial charge in [0.1, 0.15) is 0 Å². The van der Waals surface area contributed by atoms with Gasteiger partial charge in [-0.05, 0) is 68.1 Å². The fraction of sp³-hybridized carbons (Fsp3) is 0.250. The van der Waals surface area contributed by atoms with Crippen LogP contribution in [0.4, 0.5) is 0 Å². The van der Waals surface area contributed by atoms with E-state index >= 15 is 0 Å². The normalized spacial score (nSPS) is 11.5. The molecule has 4 rings (SSSR count). The molecule has 4 aromatic rings. The molecule has 0 bridgehead atoms. The lowest BCUT2D eigenvalue weighted by Gasteiger charge is -2.30. The van der Waals surface area contributed by atoms with Crippen LogP contribution in [0.15, 0.2) is 147 Å². The molecule has 242 valence electrons. The minimum Gasteiger partial charge on any atom is -0.469 e. The maximum atomic E-state index is 12.1. The predicted octanol–water partition coefficient (Wildman–Crippen LogP) is 8.14. The molecule has 0 fully saturated rings. The van der Waals surface area contributed by atoms with Gasteiger partial charge < -0.3 is 9.47 Å². The first-order chi connectivity index (χ1) is 22.4. The summed E-state index contributed by atoms with van der Waals surface area (Å²) in [4.78, 5) is 21.9. The van der Waals surface area contributed by atoms with Crippen LogP contribution in [0.1, 0.15) is 33.1 Å². The first-order valence-electron chi connectivity index (χ1n) is 15.6. The van der Waals surface area contributed by atoms with Crippen molar-refractivity contribution in [3.8, 4) is 0 Å². The van der Waals surface area contributed by atoms with Crippen LogP contribution in [0.3, 0.4) is 0 Å². The summed E-state index contributed by atoms with van der Waals surface area (Å²) in [6, 6.07) is 42.9. The van der Waals surface area contributed by atoms with Gasteiger partial charge in [0, 0.05) is 6.08 Å². The van der Waals surface area contributed by atoms with Gasteiger partial charge in [-0.1, -0.05) is 148 Å². The second-order valence-electron chi connectivity index (χ2n) is 10.3. The highest BCUT2D eigenvalue weighted by Gasteiger charge is 2.28. The fourth-order valence-electron chi connectivity index (χ4n) is 4.92. The zero-order chi connectivity index (χ0) is 33.6. The second kappa shape index (κ2) is 22.6. The summed E-state index contributed by atoms with van der Waals surface area (Å²) in [6.07, 6.45) is 6.95. The zero-order valence-electron chi connectivity index (χ0n) is 27.6. The summed E-state index contributed by atoms with van der Waals surface area (Å²) in [6.45, 7) is 11.3. The van der Waals surface area contributed by atoms with Crippen molar-refractivity contribution in [2.75, 3.05) is 20.4 Å². The SMILES string of the molecule is C=CC(=O)OC.C=CCP(c1ccccc1)c1ccccc1.CCC(CC(CC)P(c1ccccc1)c1ccccc1)C(=O)OC. The first kappa shape index (κ1) is 38.3. The van der Waals surface area contributed by atoms with Crippen molar-refractivity contribution in [3.63, 3.8) is 0 Å². The van der Waals surface area contributed by atoms with Crippen LogP contribution in [0.25, 0.3) is 0 Å². The predicted molar refractivity (Wildman–Crippen MR) is 200 cm³/mol. The Morgan fingerprint density at radius 3 is 1.35 bits per heavy atom. The molecule has 0 aliphatic heterocycles. The smallest absolute Gasteiger partial charge is 0.329 e. The van der Waals surface area contributed by atoms with Crippen molar-refractivity contribution >= 4 is 49.0 Å². The molecule has 6 heteroatoms. The maximum Gasteiger partial charge on any atom is 0.329 e. The highest BCUT2D eigenvalue weighted by molar-refractivity contribution is 7.73. The number of methoxy groups -OCH3 is 2. The second-order valence-corrected chi connectivity index (χ2v) is 15.0. The van der Waals surface area contributed by atoms with Crippen molar-refractivity contribution in [2.24, 2.45) is 5.92 Å². The van der Waals surface area contributed by atoms with Crippen LogP contribution in [-0.2, 0) is 19.1 Å². The third kappa shape index (κ3) is 12.9. The van der Waals surface area contributed by atoms with E-state index < -0.39 is 13.9 Å². The van der Waals surface area contributed by atoms with Crippen LogP contribution in [0, 0.1) is 5.92 Å². The van der Waals surface area contributed by atoms with Gasteiger partial charge in [-0.15, -0.1) is 6.58 Å². The summed E-state index contributed by atoms with van der Waals surface area (Å²) >= 11 is 0. The Balaban J connectivity index is 0.000000286. The highest BCUT2D eigenvalue weighted by Crippen LogP contribution is 2.44. The monoisotopic (exact) mass is 654 g/mol. The minimum atomic E-state index is -0.490. The average molecular weight is 655 g/mol. The molecule has 0 saturated carbocycles. The van der Waals surface area contributed by atoms with E-state index in [9.17, 15) is 9.59 Å². The van der Waals surface area contributed by atoms with E-state index in [0.29, 0.717) is 5.66 Å². The molecule has 0 saturated heterocycles. The Morgan fingerprint density at radius 1 is 0.652 bits per heavy atom. The van der Waals surface area contributed by atoms with E-state index in [1.807, 2.05) is 6.08 Å². The number of benzene rings is 4. The summed E-state index contributed by atoms with van der Waals surface area (Å²) in [5, 5.41) is 5.60. The van der Waals surface area contributed by atoms with Crippen LogP contribution in [0.5, 0.6) is 0 Å². The Hall–Kier alpha value is -3.84. The van der Waals surface area contributed by atoms with Gasteiger partial charge in [-0.3, -0.25) is 4.79 Å². The molecule has 0 N–H and O–H groups in total. The molecule has 4 aromatic carbocycles. The average Bonchev–Trinajstić information content (AvgIpc) is 3.13. The number of hydrogen-bond donors (Lipinski definition) is 0. The molecule has 0 aromatic heterocycles. The van der Waals surface area contributed by atoms with E-state index in [4.69, 9.17) is 4.74 Å². The lowest BCUT2D eigenvalue weighted by atomic mass is 9.99. The highest BCUT2D eigenvalue weighted by atomic mass is 31.1. The van der Waals surface area contributed by atoms with Crippen molar-refractivity contribution in [1.82, 2.24) is 0 Å². The van der Waals surface area contributed by atoms with E-state index in [-0.39, 0.29) is 19.8 Å². The van der Waals surface area contributed by atoms with Crippen molar-refractivity contribution < 1.29 is 19.1 Å². The van der Waals surface area contributed by atoms with Crippen LogP contribution >= 0.6 is 15.8 Å². The van der Waals surface area contributed by atoms with Gasteiger partial charge >= 0.3 is 11.9 Å². The fourth-order valence-corrected chi connectivity index (χ4v) is 9.92. The zero-order valence-corrected chi connectivity index (χ0v) is 29.4. The number of rotatable bonds is 13. The van der Waals surface area contributed by atoms with Crippen LogP contribution in [0.2, 0.25) is 0 Å². The van der Waals surface area contributed by atoms with Gasteiger partial charge in [-0.25, -0.2) is 4.79 Å². The maximum absolute atomic E-state index is 12.1. The molecule has 4 nitrogen and oxygen atoms in total. The molecule has 2 atom stereocenters. The van der Waals surface area contributed by atoms with Gasteiger partial charge in [0.25, 0.3) is 0 Å². The van der Waals surface area contributed by atoms with Crippen molar-refractivity contribution in [1.29, 1.82) is 0 Å². The molecule has 0 radical (unpaired) electrons. The molecule has 0 amide bonds. The number of ether oxygens (including phenoxy) is 2. The third-order valence-corrected chi connectivity index (χ3v) is 12.8. The molecular weight excluding hydrogens is 606 g/mol. The molecular formula is C40H48O4P2. The molecule has 2 unspecified atom stereocenters.